The lowest BCUT2D eigenvalue weighted by molar-refractivity contribution is 0.600. The van der Waals surface area contributed by atoms with E-state index in [9.17, 15) is 8.42 Å². The van der Waals surface area contributed by atoms with Gasteiger partial charge in [0.15, 0.2) is 0 Å². The van der Waals surface area contributed by atoms with E-state index in [-0.39, 0.29) is 4.90 Å². The van der Waals surface area contributed by atoms with E-state index in [0.29, 0.717) is 11.4 Å². The fourth-order valence-electron chi connectivity index (χ4n) is 2.61. The lowest BCUT2D eigenvalue weighted by atomic mass is 10.1. The summed E-state index contributed by atoms with van der Waals surface area (Å²) in [6.07, 6.45) is 2.53. The van der Waals surface area contributed by atoms with Crippen molar-refractivity contribution in [1.82, 2.24) is 4.98 Å². The highest BCUT2D eigenvalue weighted by Crippen LogP contribution is 2.18. The zero-order valence-corrected chi connectivity index (χ0v) is 15.3. The summed E-state index contributed by atoms with van der Waals surface area (Å²) in [6, 6.07) is 20.5. The van der Waals surface area contributed by atoms with Crippen molar-refractivity contribution in [2.45, 2.75) is 18.2 Å². The van der Waals surface area contributed by atoms with Gasteiger partial charge >= 0.3 is 0 Å². The number of pyridine rings is 1. The smallest absolute Gasteiger partial charge is 0.263 e. The Morgan fingerprint density at radius 1 is 0.923 bits per heavy atom. The number of sulfonamides is 1. The molecule has 0 saturated heterocycles. The van der Waals surface area contributed by atoms with Crippen molar-refractivity contribution in [3.8, 4) is 0 Å². The van der Waals surface area contributed by atoms with E-state index < -0.39 is 10.0 Å². The molecule has 0 fully saturated rings. The summed E-state index contributed by atoms with van der Waals surface area (Å²) >= 11 is 0. The number of anilines is 2. The Kier molecular flexibility index (Phi) is 5.53. The highest BCUT2D eigenvalue weighted by molar-refractivity contribution is 7.92. The molecule has 0 aliphatic carbocycles. The number of hydrogen-bond donors (Lipinski definition) is 2. The van der Waals surface area contributed by atoms with Crippen molar-refractivity contribution in [2.75, 3.05) is 16.6 Å². The monoisotopic (exact) mass is 367 g/mol. The highest BCUT2D eigenvalue weighted by Gasteiger charge is 2.16. The van der Waals surface area contributed by atoms with Crippen LogP contribution in [0.1, 0.15) is 11.1 Å². The molecular formula is C20H21N3O2S. The van der Waals surface area contributed by atoms with Crippen LogP contribution in [0.5, 0.6) is 0 Å². The van der Waals surface area contributed by atoms with Crippen molar-refractivity contribution in [3.05, 3.63) is 84.1 Å². The predicted molar refractivity (Wildman–Crippen MR) is 105 cm³/mol. The Hall–Kier alpha value is -2.86. The second-order valence-corrected chi connectivity index (χ2v) is 7.62. The van der Waals surface area contributed by atoms with E-state index in [0.717, 1.165) is 18.7 Å². The van der Waals surface area contributed by atoms with Crippen LogP contribution in [0, 0.1) is 6.92 Å². The summed E-state index contributed by atoms with van der Waals surface area (Å²) in [5, 5.41) is 3.28. The average molecular weight is 367 g/mol. The van der Waals surface area contributed by atoms with Crippen molar-refractivity contribution >= 4 is 21.5 Å². The van der Waals surface area contributed by atoms with Gasteiger partial charge in [-0.15, -0.1) is 0 Å². The number of nitrogens with one attached hydrogen (secondary N) is 2. The molecule has 26 heavy (non-hydrogen) atoms. The van der Waals surface area contributed by atoms with Crippen LogP contribution in [0.25, 0.3) is 0 Å². The lowest BCUT2D eigenvalue weighted by Gasteiger charge is -2.10. The van der Waals surface area contributed by atoms with Crippen LogP contribution in [-0.2, 0) is 16.4 Å². The van der Waals surface area contributed by atoms with Crippen LogP contribution in [0.4, 0.5) is 11.5 Å². The fraction of sp³-hybridized carbons (Fsp3) is 0.150. The molecule has 0 spiro atoms. The molecule has 2 aromatic carbocycles. The van der Waals surface area contributed by atoms with Crippen LogP contribution in [0.15, 0.2) is 77.8 Å². The van der Waals surface area contributed by atoms with Crippen LogP contribution in [0.2, 0.25) is 0 Å². The van der Waals surface area contributed by atoms with E-state index in [2.05, 4.69) is 27.2 Å². The molecule has 0 amide bonds. The Morgan fingerprint density at radius 2 is 1.65 bits per heavy atom. The zero-order chi connectivity index (χ0) is 18.4. The number of nitrogens with zero attached hydrogens (tertiary/aromatic N) is 1. The van der Waals surface area contributed by atoms with Gasteiger partial charge in [-0.05, 0) is 42.7 Å². The van der Waals surface area contributed by atoms with E-state index in [1.807, 2.05) is 30.3 Å². The molecule has 1 heterocycles. The number of aryl methyl sites for hydroxylation is 1. The average Bonchev–Trinajstić information content (AvgIpc) is 2.64. The van der Waals surface area contributed by atoms with E-state index in [1.165, 1.54) is 5.56 Å². The fourth-order valence-corrected chi connectivity index (χ4v) is 3.86. The van der Waals surface area contributed by atoms with Crippen LogP contribution < -0.4 is 10.0 Å². The minimum absolute atomic E-state index is 0.256. The molecule has 0 saturated carbocycles. The second kappa shape index (κ2) is 8.01. The van der Waals surface area contributed by atoms with Crippen LogP contribution in [-0.4, -0.2) is 19.9 Å². The lowest BCUT2D eigenvalue weighted by Crippen LogP contribution is -2.15. The molecule has 2 N–H and O–H groups in total. The molecule has 134 valence electrons. The van der Waals surface area contributed by atoms with Crippen LogP contribution >= 0.6 is 0 Å². The third kappa shape index (κ3) is 4.61. The Morgan fingerprint density at radius 3 is 2.35 bits per heavy atom. The van der Waals surface area contributed by atoms with E-state index in [1.54, 1.807) is 37.4 Å². The maximum Gasteiger partial charge on any atom is 0.263 e. The standard InChI is InChI=1S/C20H21N3O2S/c1-16-7-5-6-10-19(16)26(24,25)23-20-12-11-18(15-22-20)21-14-13-17-8-3-2-4-9-17/h2-12,15,21H,13-14H2,1H3,(H,22,23). The molecule has 0 bridgehead atoms. The predicted octanol–water partition coefficient (Wildman–Crippen LogP) is 3.85. The molecular weight excluding hydrogens is 346 g/mol. The summed E-state index contributed by atoms with van der Waals surface area (Å²) in [6.45, 7) is 2.54. The summed E-state index contributed by atoms with van der Waals surface area (Å²) in [5.74, 6) is 0.293. The van der Waals surface area contributed by atoms with Gasteiger partial charge in [0.2, 0.25) is 0 Å². The Labute approximate surface area is 154 Å². The third-order valence-electron chi connectivity index (χ3n) is 3.97. The number of hydrogen-bond acceptors (Lipinski definition) is 4. The quantitative estimate of drug-likeness (QED) is 0.665. The van der Waals surface area contributed by atoms with E-state index in [4.69, 9.17) is 0 Å². The first-order valence-corrected chi connectivity index (χ1v) is 9.85. The summed E-state index contributed by atoms with van der Waals surface area (Å²) in [5.41, 5.74) is 2.80. The van der Waals surface area contributed by atoms with Gasteiger partial charge in [-0.1, -0.05) is 48.5 Å². The van der Waals surface area contributed by atoms with Gasteiger partial charge < -0.3 is 5.32 Å². The van der Waals surface area contributed by atoms with Crippen molar-refractivity contribution in [2.24, 2.45) is 0 Å². The summed E-state index contributed by atoms with van der Waals surface area (Å²) < 4.78 is 27.5. The van der Waals surface area contributed by atoms with Crippen molar-refractivity contribution in [3.63, 3.8) is 0 Å². The normalized spacial score (nSPS) is 11.1. The number of rotatable bonds is 7. The topological polar surface area (TPSA) is 71.1 Å². The molecule has 0 atom stereocenters. The van der Waals surface area contributed by atoms with Gasteiger partial charge in [0, 0.05) is 6.54 Å². The first-order valence-electron chi connectivity index (χ1n) is 8.37. The Balaban J connectivity index is 1.60. The zero-order valence-electron chi connectivity index (χ0n) is 14.5. The van der Waals surface area contributed by atoms with Crippen molar-refractivity contribution < 1.29 is 8.42 Å². The van der Waals surface area contributed by atoms with Gasteiger partial charge in [-0.3, -0.25) is 4.72 Å². The van der Waals surface area contributed by atoms with Gasteiger partial charge in [-0.25, -0.2) is 13.4 Å². The molecule has 1 aromatic heterocycles. The maximum atomic E-state index is 12.5. The van der Waals surface area contributed by atoms with Gasteiger partial charge in [0.25, 0.3) is 10.0 Å². The number of benzene rings is 2. The van der Waals surface area contributed by atoms with Gasteiger partial charge in [0.05, 0.1) is 16.8 Å². The molecule has 6 heteroatoms. The second-order valence-electron chi connectivity index (χ2n) is 5.97. The Bertz CT molecular complexity index is 956. The molecule has 3 rings (SSSR count). The highest BCUT2D eigenvalue weighted by atomic mass is 32.2. The largest absolute Gasteiger partial charge is 0.383 e. The van der Waals surface area contributed by atoms with E-state index >= 15 is 0 Å². The third-order valence-corrected chi connectivity index (χ3v) is 5.49. The molecule has 5 nitrogen and oxygen atoms in total. The minimum atomic E-state index is -3.64. The van der Waals surface area contributed by atoms with Gasteiger partial charge in [-0.2, -0.15) is 0 Å². The summed E-state index contributed by atoms with van der Waals surface area (Å²) in [4.78, 5) is 4.45. The SMILES string of the molecule is Cc1ccccc1S(=O)(=O)Nc1ccc(NCCc2ccccc2)cn1. The molecule has 0 radical (unpaired) electrons. The molecule has 3 aromatic rings. The first kappa shape index (κ1) is 17.9. The molecule has 0 aliphatic heterocycles. The minimum Gasteiger partial charge on any atom is -0.383 e. The van der Waals surface area contributed by atoms with Gasteiger partial charge in [0.1, 0.15) is 5.82 Å². The molecule has 0 unspecified atom stereocenters. The van der Waals surface area contributed by atoms with Crippen molar-refractivity contribution in [1.29, 1.82) is 0 Å². The maximum absolute atomic E-state index is 12.5. The number of aromatic nitrogens is 1. The first-order chi connectivity index (χ1) is 12.5. The van der Waals surface area contributed by atoms with Crippen LogP contribution in [0.3, 0.4) is 0 Å². The molecule has 0 aliphatic rings. The summed E-state index contributed by atoms with van der Waals surface area (Å²) in [7, 11) is -3.64.